The number of benzene rings is 1. The molecule has 118 valence electrons. The van der Waals surface area contributed by atoms with Crippen molar-refractivity contribution in [2.45, 2.75) is 26.1 Å². The Labute approximate surface area is 121 Å². The number of nitrogens with two attached hydrogens (primary N) is 1. The van der Waals surface area contributed by atoms with Gasteiger partial charge in [0.05, 0.1) is 18.2 Å². The Balaban J connectivity index is 2.35. The Hall–Kier alpha value is -1.76. The molecule has 21 heavy (non-hydrogen) atoms. The van der Waals surface area contributed by atoms with E-state index in [1.807, 2.05) is 13.8 Å². The Bertz CT molecular complexity index is 458. The number of ether oxygens (including phenoxy) is 1. The first-order chi connectivity index (χ1) is 9.71. The van der Waals surface area contributed by atoms with Crippen molar-refractivity contribution in [2.75, 3.05) is 13.2 Å². The monoisotopic (exact) mass is 304 g/mol. The lowest BCUT2D eigenvalue weighted by molar-refractivity contribution is -0.137. The summed E-state index contributed by atoms with van der Waals surface area (Å²) in [5.41, 5.74) is 4.92. The fourth-order valence-corrected chi connectivity index (χ4v) is 1.50. The third kappa shape index (κ3) is 5.63. The number of carbonyl (C=O) groups is 1. The molecule has 1 aromatic carbocycles. The second kappa shape index (κ2) is 7.31. The molecule has 3 N–H and O–H groups in total. The maximum absolute atomic E-state index is 12.4. The molecule has 0 aliphatic carbocycles. The van der Waals surface area contributed by atoms with Crippen molar-refractivity contribution in [3.8, 4) is 5.75 Å². The van der Waals surface area contributed by atoms with Gasteiger partial charge in [-0.3, -0.25) is 4.79 Å². The number of rotatable bonds is 6. The van der Waals surface area contributed by atoms with E-state index in [1.54, 1.807) is 0 Å². The Morgan fingerprint density at radius 2 is 1.86 bits per heavy atom. The van der Waals surface area contributed by atoms with Crippen LogP contribution in [-0.4, -0.2) is 25.1 Å². The van der Waals surface area contributed by atoms with Crippen molar-refractivity contribution in [3.05, 3.63) is 29.8 Å². The highest BCUT2D eigenvalue weighted by atomic mass is 19.4. The van der Waals surface area contributed by atoms with Gasteiger partial charge in [0.25, 0.3) is 0 Å². The highest BCUT2D eigenvalue weighted by molar-refractivity contribution is 5.81. The SMILES string of the molecule is CC(C)[C@H](N)C(=O)NCCOc1ccc(C(F)(F)F)cc1. The Morgan fingerprint density at radius 1 is 1.29 bits per heavy atom. The van der Waals surface area contributed by atoms with Gasteiger partial charge in [0.1, 0.15) is 12.4 Å². The average molecular weight is 304 g/mol. The summed E-state index contributed by atoms with van der Waals surface area (Å²) in [7, 11) is 0. The van der Waals surface area contributed by atoms with Gasteiger partial charge < -0.3 is 15.8 Å². The van der Waals surface area contributed by atoms with Gasteiger partial charge in [-0.2, -0.15) is 13.2 Å². The number of halogens is 3. The van der Waals surface area contributed by atoms with Gasteiger partial charge in [0, 0.05) is 0 Å². The summed E-state index contributed by atoms with van der Waals surface area (Å²) >= 11 is 0. The number of hydrogen-bond donors (Lipinski definition) is 2. The molecule has 4 nitrogen and oxygen atoms in total. The fraction of sp³-hybridized carbons (Fsp3) is 0.500. The van der Waals surface area contributed by atoms with E-state index in [4.69, 9.17) is 10.5 Å². The van der Waals surface area contributed by atoms with Gasteiger partial charge in [0.15, 0.2) is 0 Å². The number of carbonyl (C=O) groups excluding carboxylic acids is 1. The number of nitrogens with one attached hydrogen (secondary N) is 1. The first-order valence-electron chi connectivity index (χ1n) is 6.55. The van der Waals surface area contributed by atoms with Crippen molar-refractivity contribution >= 4 is 5.91 Å². The molecule has 0 unspecified atom stereocenters. The Kier molecular flexibility index (Phi) is 6.02. The standard InChI is InChI=1S/C14H19F3N2O2/c1-9(2)12(18)13(20)19-7-8-21-11-5-3-10(4-6-11)14(15,16)17/h3-6,9,12H,7-8,18H2,1-2H3,(H,19,20)/t12-/m0/s1. The van der Waals surface area contributed by atoms with Crippen LogP contribution in [-0.2, 0) is 11.0 Å². The van der Waals surface area contributed by atoms with Crippen LogP contribution in [0.3, 0.4) is 0 Å². The third-order valence-corrected chi connectivity index (χ3v) is 2.87. The van der Waals surface area contributed by atoms with E-state index < -0.39 is 17.8 Å². The molecule has 0 saturated carbocycles. The Morgan fingerprint density at radius 3 is 2.33 bits per heavy atom. The van der Waals surface area contributed by atoms with E-state index in [1.165, 1.54) is 12.1 Å². The van der Waals surface area contributed by atoms with Crippen LogP contribution in [0.4, 0.5) is 13.2 Å². The van der Waals surface area contributed by atoms with E-state index in [0.717, 1.165) is 12.1 Å². The number of alkyl halides is 3. The van der Waals surface area contributed by atoms with E-state index in [0.29, 0.717) is 5.75 Å². The first kappa shape index (κ1) is 17.3. The predicted molar refractivity (Wildman–Crippen MR) is 72.8 cm³/mol. The van der Waals surface area contributed by atoms with Gasteiger partial charge in [-0.25, -0.2) is 0 Å². The van der Waals surface area contributed by atoms with Crippen LogP contribution in [0.25, 0.3) is 0 Å². The minimum atomic E-state index is -4.36. The first-order valence-corrected chi connectivity index (χ1v) is 6.55. The van der Waals surface area contributed by atoms with Crippen molar-refractivity contribution in [3.63, 3.8) is 0 Å². The topological polar surface area (TPSA) is 64.4 Å². The lowest BCUT2D eigenvalue weighted by Crippen LogP contribution is -2.45. The molecule has 0 saturated heterocycles. The van der Waals surface area contributed by atoms with Gasteiger partial charge >= 0.3 is 6.18 Å². The highest BCUT2D eigenvalue weighted by Crippen LogP contribution is 2.30. The van der Waals surface area contributed by atoms with Crippen molar-refractivity contribution in [2.24, 2.45) is 11.7 Å². The second-order valence-corrected chi connectivity index (χ2v) is 4.93. The van der Waals surface area contributed by atoms with Gasteiger partial charge in [-0.15, -0.1) is 0 Å². The molecule has 7 heteroatoms. The molecule has 1 atom stereocenters. The van der Waals surface area contributed by atoms with Crippen LogP contribution in [0.5, 0.6) is 5.75 Å². The average Bonchev–Trinajstić information content (AvgIpc) is 2.42. The lowest BCUT2D eigenvalue weighted by Gasteiger charge is -2.15. The summed E-state index contributed by atoms with van der Waals surface area (Å²) in [6.45, 7) is 4.06. The number of amides is 1. The number of hydrogen-bond acceptors (Lipinski definition) is 3. The minimum Gasteiger partial charge on any atom is -0.492 e. The molecule has 1 amide bonds. The van der Waals surface area contributed by atoms with Crippen molar-refractivity contribution in [1.82, 2.24) is 5.32 Å². The molecule has 0 radical (unpaired) electrons. The molecule has 0 fully saturated rings. The smallest absolute Gasteiger partial charge is 0.416 e. The molecule has 1 rings (SSSR count). The fourth-order valence-electron chi connectivity index (χ4n) is 1.50. The minimum absolute atomic E-state index is 0.0285. The van der Waals surface area contributed by atoms with Crippen LogP contribution >= 0.6 is 0 Å². The normalized spacial score (nSPS) is 13.1. The molecule has 1 aromatic rings. The lowest BCUT2D eigenvalue weighted by atomic mass is 10.1. The summed E-state index contributed by atoms with van der Waals surface area (Å²) < 4.78 is 42.3. The molecule has 0 bridgehead atoms. The molecular formula is C14H19F3N2O2. The van der Waals surface area contributed by atoms with E-state index in [-0.39, 0.29) is 25.0 Å². The highest BCUT2D eigenvalue weighted by Gasteiger charge is 2.30. The molecule has 0 aromatic heterocycles. The second-order valence-electron chi connectivity index (χ2n) is 4.93. The van der Waals surface area contributed by atoms with E-state index >= 15 is 0 Å². The summed E-state index contributed by atoms with van der Waals surface area (Å²) in [5.74, 6) is 0.0623. The van der Waals surface area contributed by atoms with Crippen LogP contribution in [0, 0.1) is 5.92 Å². The van der Waals surface area contributed by atoms with Crippen molar-refractivity contribution in [1.29, 1.82) is 0 Å². The van der Waals surface area contributed by atoms with Crippen molar-refractivity contribution < 1.29 is 22.7 Å². The molecule has 0 aliphatic heterocycles. The molecule has 0 aliphatic rings. The zero-order valence-corrected chi connectivity index (χ0v) is 11.9. The summed E-state index contributed by atoms with van der Waals surface area (Å²) in [5, 5.41) is 2.60. The van der Waals surface area contributed by atoms with Gasteiger partial charge in [-0.05, 0) is 30.2 Å². The molecule has 0 heterocycles. The van der Waals surface area contributed by atoms with Crippen LogP contribution < -0.4 is 15.8 Å². The van der Waals surface area contributed by atoms with Crippen LogP contribution in [0.15, 0.2) is 24.3 Å². The summed E-state index contributed by atoms with van der Waals surface area (Å²) in [4.78, 5) is 11.5. The maximum atomic E-state index is 12.4. The molecule has 0 spiro atoms. The van der Waals surface area contributed by atoms with E-state index in [2.05, 4.69) is 5.32 Å². The largest absolute Gasteiger partial charge is 0.492 e. The van der Waals surface area contributed by atoms with Crippen LogP contribution in [0.1, 0.15) is 19.4 Å². The zero-order valence-electron chi connectivity index (χ0n) is 11.9. The maximum Gasteiger partial charge on any atom is 0.416 e. The zero-order chi connectivity index (χ0) is 16.0. The summed E-state index contributed by atoms with van der Waals surface area (Å²) in [6, 6.07) is 3.79. The van der Waals surface area contributed by atoms with Gasteiger partial charge in [-0.1, -0.05) is 13.8 Å². The van der Waals surface area contributed by atoms with Gasteiger partial charge in [0.2, 0.25) is 5.91 Å². The summed E-state index contributed by atoms with van der Waals surface area (Å²) in [6.07, 6.45) is -4.36. The predicted octanol–water partition coefficient (Wildman–Crippen LogP) is 2.18. The quantitative estimate of drug-likeness (QED) is 0.792. The van der Waals surface area contributed by atoms with E-state index in [9.17, 15) is 18.0 Å². The van der Waals surface area contributed by atoms with Crippen LogP contribution in [0.2, 0.25) is 0 Å². The third-order valence-electron chi connectivity index (χ3n) is 2.87. The molecular weight excluding hydrogens is 285 g/mol.